The molecule has 7 heteroatoms. The number of nitrogens with one attached hydrogen (secondary N) is 1. The van der Waals surface area contributed by atoms with E-state index >= 15 is 0 Å². The van der Waals surface area contributed by atoms with E-state index < -0.39 is 17.6 Å². The maximum atomic E-state index is 14.3. The number of hydrogen-bond donors (Lipinski definition) is 2. The summed E-state index contributed by atoms with van der Waals surface area (Å²) in [6.45, 7) is 9.36. The van der Waals surface area contributed by atoms with Crippen LogP contribution < -0.4 is 5.32 Å². The van der Waals surface area contributed by atoms with Gasteiger partial charge in [0.15, 0.2) is 0 Å². The van der Waals surface area contributed by atoms with Crippen molar-refractivity contribution in [2.45, 2.75) is 84.0 Å². The van der Waals surface area contributed by atoms with Crippen LogP contribution in [0.15, 0.2) is 48.5 Å². The van der Waals surface area contributed by atoms with Gasteiger partial charge in [0.25, 0.3) is 0 Å². The van der Waals surface area contributed by atoms with Gasteiger partial charge in [-0.15, -0.1) is 0 Å². The molecular formula is C28H36Cl2N2O3. The van der Waals surface area contributed by atoms with Gasteiger partial charge >= 0.3 is 0 Å². The smallest absolute Gasteiger partial charge is 0.229 e. The molecule has 0 radical (unpaired) electrons. The number of nitrogens with zero attached hydrogens (tertiary/aromatic N) is 1. The molecule has 2 unspecified atom stereocenters. The number of rotatable bonds is 8. The number of aliphatic hydroxyl groups excluding tert-OH is 1. The van der Waals surface area contributed by atoms with Gasteiger partial charge in [-0.1, -0.05) is 61.3 Å². The van der Waals surface area contributed by atoms with E-state index in [2.05, 4.69) is 5.32 Å². The Kier molecular flexibility index (Phi) is 8.90. The molecule has 0 aliphatic carbocycles. The molecule has 5 nitrogen and oxygen atoms in total. The van der Waals surface area contributed by atoms with Gasteiger partial charge in [0.2, 0.25) is 11.8 Å². The fraction of sp³-hybridized carbons (Fsp3) is 0.500. The van der Waals surface area contributed by atoms with E-state index in [-0.39, 0.29) is 36.2 Å². The number of benzene rings is 2. The molecule has 1 aliphatic heterocycles. The lowest BCUT2D eigenvalue weighted by molar-refractivity contribution is -0.160. The minimum atomic E-state index is -0.947. The van der Waals surface area contributed by atoms with Gasteiger partial charge in [-0.2, -0.15) is 0 Å². The standard InChI is InChI=1S/C28H36Cl2N2O3/c1-6-24(18(4)33)32-26(19-10-12-21(29)13-11-19)23(20-8-7-9-22(30)14-20)15-28(5,27(32)35)16-25(34)31-17(2)3/h7-14,17-18,23-24,26,33H,6,15-16H2,1-5H3,(H,31,34)/t18-,23+,24?,26?,28+/m0/s1. The molecule has 2 aromatic carbocycles. The second-order valence-electron chi connectivity index (χ2n) is 10.3. The Morgan fingerprint density at radius 3 is 2.31 bits per heavy atom. The lowest BCUT2D eigenvalue weighted by Gasteiger charge is -2.52. The third kappa shape index (κ3) is 6.19. The first kappa shape index (κ1) is 27.5. The Morgan fingerprint density at radius 2 is 1.77 bits per heavy atom. The summed E-state index contributed by atoms with van der Waals surface area (Å²) in [5.74, 6) is -0.421. The van der Waals surface area contributed by atoms with Gasteiger partial charge in [0.05, 0.1) is 23.6 Å². The Hall–Kier alpha value is -2.08. The van der Waals surface area contributed by atoms with Crippen LogP contribution in [-0.4, -0.2) is 40.0 Å². The van der Waals surface area contributed by atoms with Gasteiger partial charge in [-0.3, -0.25) is 9.59 Å². The predicted molar refractivity (Wildman–Crippen MR) is 142 cm³/mol. The first-order chi connectivity index (χ1) is 16.5. The van der Waals surface area contributed by atoms with Gasteiger partial charge in [0.1, 0.15) is 0 Å². The maximum Gasteiger partial charge on any atom is 0.229 e. The minimum Gasteiger partial charge on any atom is -0.391 e. The summed E-state index contributed by atoms with van der Waals surface area (Å²) in [5.41, 5.74) is 0.975. The molecule has 0 bridgehead atoms. The fourth-order valence-corrected chi connectivity index (χ4v) is 5.73. The Balaban J connectivity index is 2.20. The van der Waals surface area contributed by atoms with Crippen LogP contribution in [0.3, 0.4) is 0 Å². The van der Waals surface area contributed by atoms with Crippen LogP contribution in [0.4, 0.5) is 0 Å². The van der Waals surface area contributed by atoms with E-state index in [1.807, 2.05) is 81.1 Å². The molecule has 2 N–H and O–H groups in total. The molecule has 0 saturated carbocycles. The third-order valence-electron chi connectivity index (χ3n) is 6.92. The van der Waals surface area contributed by atoms with Crippen LogP contribution in [0, 0.1) is 5.41 Å². The van der Waals surface area contributed by atoms with Crippen LogP contribution >= 0.6 is 23.2 Å². The average molecular weight is 520 g/mol. The van der Waals surface area contributed by atoms with E-state index in [0.717, 1.165) is 11.1 Å². The number of amides is 2. The molecule has 1 saturated heterocycles. The summed E-state index contributed by atoms with van der Waals surface area (Å²) >= 11 is 12.6. The zero-order chi connectivity index (χ0) is 25.9. The SMILES string of the molecule is CCC([C@H](C)O)N1C(=O)[C@@](C)(CC(=O)NC(C)C)C[C@H](c2cccc(Cl)c2)C1c1ccc(Cl)cc1. The van der Waals surface area contributed by atoms with Crippen LogP contribution in [0.25, 0.3) is 0 Å². The molecule has 1 fully saturated rings. The molecule has 190 valence electrons. The Morgan fingerprint density at radius 1 is 1.11 bits per heavy atom. The van der Waals surface area contributed by atoms with Crippen LogP contribution in [-0.2, 0) is 9.59 Å². The zero-order valence-electron chi connectivity index (χ0n) is 21.1. The van der Waals surface area contributed by atoms with Crippen molar-refractivity contribution in [1.82, 2.24) is 10.2 Å². The van der Waals surface area contributed by atoms with E-state index in [1.54, 1.807) is 6.92 Å². The van der Waals surface area contributed by atoms with Gasteiger partial charge in [-0.05, 0) is 69.0 Å². The van der Waals surface area contributed by atoms with Crippen molar-refractivity contribution >= 4 is 35.0 Å². The number of aliphatic hydroxyl groups is 1. The summed E-state index contributed by atoms with van der Waals surface area (Å²) in [4.78, 5) is 28.9. The fourth-order valence-electron chi connectivity index (χ4n) is 5.41. The lowest BCUT2D eigenvalue weighted by Crippen LogP contribution is -2.58. The largest absolute Gasteiger partial charge is 0.391 e. The third-order valence-corrected chi connectivity index (χ3v) is 7.41. The molecule has 1 aliphatic rings. The minimum absolute atomic E-state index is 0.0210. The molecule has 2 amide bonds. The van der Waals surface area contributed by atoms with Gasteiger partial charge < -0.3 is 15.3 Å². The van der Waals surface area contributed by atoms with E-state index in [1.165, 1.54) is 0 Å². The zero-order valence-corrected chi connectivity index (χ0v) is 22.6. The van der Waals surface area contributed by atoms with E-state index in [9.17, 15) is 14.7 Å². The Bertz CT molecular complexity index is 1040. The summed E-state index contributed by atoms with van der Waals surface area (Å²) in [6, 6.07) is 14.4. The van der Waals surface area contributed by atoms with Crippen LogP contribution in [0.2, 0.25) is 10.0 Å². The number of carbonyl (C=O) groups excluding carboxylic acids is 2. The number of carbonyl (C=O) groups is 2. The highest BCUT2D eigenvalue weighted by Crippen LogP contribution is 2.52. The molecular weight excluding hydrogens is 483 g/mol. The van der Waals surface area contributed by atoms with Crippen molar-refractivity contribution in [3.05, 3.63) is 69.7 Å². The van der Waals surface area contributed by atoms with E-state index in [0.29, 0.717) is 22.9 Å². The van der Waals surface area contributed by atoms with Crippen molar-refractivity contribution in [2.24, 2.45) is 5.41 Å². The molecule has 3 rings (SSSR count). The van der Waals surface area contributed by atoms with Crippen LogP contribution in [0.5, 0.6) is 0 Å². The topological polar surface area (TPSA) is 69.6 Å². The van der Waals surface area contributed by atoms with Crippen LogP contribution in [0.1, 0.15) is 77.0 Å². The normalized spacial score (nSPS) is 24.4. The molecule has 0 aromatic heterocycles. The molecule has 1 heterocycles. The van der Waals surface area contributed by atoms with Gasteiger partial charge in [0, 0.05) is 28.4 Å². The monoisotopic (exact) mass is 518 g/mol. The number of halogens is 2. The number of piperidine rings is 1. The van der Waals surface area contributed by atoms with Crippen molar-refractivity contribution in [2.75, 3.05) is 0 Å². The number of hydrogen-bond acceptors (Lipinski definition) is 3. The quantitative estimate of drug-likeness (QED) is 0.441. The predicted octanol–water partition coefficient (Wildman–Crippen LogP) is 6.13. The lowest BCUT2D eigenvalue weighted by atomic mass is 9.66. The molecule has 5 atom stereocenters. The summed E-state index contributed by atoms with van der Waals surface area (Å²) < 4.78 is 0. The number of likely N-dealkylation sites (tertiary alicyclic amines) is 1. The highest BCUT2D eigenvalue weighted by Gasteiger charge is 2.52. The van der Waals surface area contributed by atoms with Crippen molar-refractivity contribution < 1.29 is 14.7 Å². The summed E-state index contributed by atoms with van der Waals surface area (Å²) in [7, 11) is 0. The average Bonchev–Trinajstić information content (AvgIpc) is 2.77. The molecule has 2 aromatic rings. The van der Waals surface area contributed by atoms with Crippen molar-refractivity contribution in [1.29, 1.82) is 0 Å². The molecule has 35 heavy (non-hydrogen) atoms. The van der Waals surface area contributed by atoms with Crippen molar-refractivity contribution in [3.63, 3.8) is 0 Å². The first-order valence-electron chi connectivity index (χ1n) is 12.3. The maximum absolute atomic E-state index is 14.3. The highest BCUT2D eigenvalue weighted by molar-refractivity contribution is 6.30. The molecule has 0 spiro atoms. The Labute approximate surface area is 218 Å². The second-order valence-corrected chi connectivity index (χ2v) is 11.1. The van der Waals surface area contributed by atoms with Gasteiger partial charge in [-0.25, -0.2) is 0 Å². The second kappa shape index (κ2) is 11.3. The van der Waals surface area contributed by atoms with Crippen molar-refractivity contribution in [3.8, 4) is 0 Å². The highest BCUT2D eigenvalue weighted by atomic mass is 35.5. The summed E-state index contributed by atoms with van der Waals surface area (Å²) in [5, 5.41) is 14.9. The first-order valence-corrected chi connectivity index (χ1v) is 13.0. The summed E-state index contributed by atoms with van der Waals surface area (Å²) in [6.07, 6.45) is 0.369. The van der Waals surface area contributed by atoms with E-state index in [4.69, 9.17) is 23.2 Å².